The Hall–Kier alpha value is -0.540. The molecule has 1 N–H and O–H groups in total. The van der Waals surface area contributed by atoms with Crippen molar-refractivity contribution in [3.05, 3.63) is 33.8 Å². The normalized spacial score (nSPS) is 11.8. The number of benzene rings is 1. The first kappa shape index (κ1) is 9.55. The standard InChI is InChI=1S/C8H7BrClNO/c1-5-2-3-6(4-7(5)9)8(10)11-12/h2-4,12H,1H3. The lowest BCUT2D eigenvalue weighted by atomic mass is 10.2. The predicted molar refractivity (Wildman–Crippen MR) is 53.1 cm³/mol. The van der Waals surface area contributed by atoms with E-state index in [1.807, 2.05) is 13.0 Å². The highest BCUT2D eigenvalue weighted by Crippen LogP contribution is 2.18. The molecule has 2 nitrogen and oxygen atoms in total. The molecule has 0 fully saturated rings. The molecule has 0 aromatic heterocycles. The third kappa shape index (κ3) is 1.99. The molecular formula is C8H7BrClNO. The van der Waals surface area contributed by atoms with E-state index in [1.54, 1.807) is 12.1 Å². The van der Waals surface area contributed by atoms with Crippen molar-refractivity contribution in [1.82, 2.24) is 0 Å². The van der Waals surface area contributed by atoms with E-state index in [2.05, 4.69) is 21.1 Å². The van der Waals surface area contributed by atoms with Crippen molar-refractivity contribution in [1.29, 1.82) is 0 Å². The zero-order chi connectivity index (χ0) is 9.14. The molecule has 12 heavy (non-hydrogen) atoms. The molecule has 1 aromatic rings. The second-order valence-electron chi connectivity index (χ2n) is 2.35. The van der Waals surface area contributed by atoms with Crippen LogP contribution in [0.25, 0.3) is 0 Å². The number of aryl methyl sites for hydroxylation is 1. The number of hydrogen-bond acceptors (Lipinski definition) is 2. The number of nitrogens with zero attached hydrogens (tertiary/aromatic N) is 1. The van der Waals surface area contributed by atoms with Gasteiger partial charge in [0.25, 0.3) is 0 Å². The maximum absolute atomic E-state index is 8.39. The quantitative estimate of drug-likeness (QED) is 0.462. The van der Waals surface area contributed by atoms with Gasteiger partial charge in [-0.25, -0.2) is 0 Å². The van der Waals surface area contributed by atoms with Crippen molar-refractivity contribution >= 4 is 32.7 Å². The molecule has 0 aliphatic carbocycles. The second-order valence-corrected chi connectivity index (χ2v) is 3.57. The summed E-state index contributed by atoms with van der Waals surface area (Å²) in [5, 5.41) is 11.4. The van der Waals surface area contributed by atoms with E-state index in [9.17, 15) is 0 Å². The Labute approximate surface area is 84.0 Å². The number of oxime groups is 1. The van der Waals surface area contributed by atoms with Gasteiger partial charge in [0, 0.05) is 10.0 Å². The van der Waals surface area contributed by atoms with Crippen LogP contribution in [-0.4, -0.2) is 10.4 Å². The third-order valence-electron chi connectivity index (χ3n) is 1.50. The molecule has 0 unspecified atom stereocenters. The van der Waals surface area contributed by atoms with E-state index in [4.69, 9.17) is 16.8 Å². The Kier molecular flexibility index (Phi) is 3.12. The lowest BCUT2D eigenvalue weighted by Gasteiger charge is -2.00. The molecule has 0 amide bonds. The van der Waals surface area contributed by atoms with E-state index in [0.29, 0.717) is 5.56 Å². The molecule has 0 atom stereocenters. The average Bonchev–Trinajstić information content (AvgIpc) is 2.08. The summed E-state index contributed by atoms with van der Waals surface area (Å²) in [5.41, 5.74) is 1.80. The van der Waals surface area contributed by atoms with Crippen LogP contribution >= 0.6 is 27.5 Å². The van der Waals surface area contributed by atoms with Crippen molar-refractivity contribution in [3.63, 3.8) is 0 Å². The molecule has 0 bridgehead atoms. The van der Waals surface area contributed by atoms with Crippen LogP contribution in [0.4, 0.5) is 0 Å². The monoisotopic (exact) mass is 247 g/mol. The minimum atomic E-state index is 0.0932. The minimum absolute atomic E-state index is 0.0932. The summed E-state index contributed by atoms with van der Waals surface area (Å²) in [5.74, 6) is 0. The molecule has 4 heteroatoms. The number of hydrogen-bond donors (Lipinski definition) is 1. The molecule has 0 saturated carbocycles. The summed E-state index contributed by atoms with van der Waals surface area (Å²) >= 11 is 8.94. The van der Waals surface area contributed by atoms with E-state index in [0.717, 1.165) is 10.0 Å². The fraction of sp³-hybridized carbons (Fsp3) is 0.125. The first-order valence-electron chi connectivity index (χ1n) is 3.29. The van der Waals surface area contributed by atoms with E-state index < -0.39 is 0 Å². The summed E-state index contributed by atoms with van der Waals surface area (Å²) in [7, 11) is 0. The van der Waals surface area contributed by atoms with Crippen molar-refractivity contribution in [2.45, 2.75) is 6.92 Å². The summed E-state index contributed by atoms with van der Waals surface area (Å²) in [6, 6.07) is 5.49. The van der Waals surface area contributed by atoms with Crippen molar-refractivity contribution in [3.8, 4) is 0 Å². The molecule has 0 spiro atoms. The summed E-state index contributed by atoms with van der Waals surface area (Å²) < 4.78 is 0.946. The Morgan fingerprint density at radius 1 is 1.58 bits per heavy atom. The van der Waals surface area contributed by atoms with Gasteiger partial charge in [-0.15, -0.1) is 0 Å². The van der Waals surface area contributed by atoms with Gasteiger partial charge in [-0.05, 0) is 18.6 Å². The Bertz CT molecular complexity index is 325. The zero-order valence-electron chi connectivity index (χ0n) is 6.38. The second kappa shape index (κ2) is 3.92. The van der Waals surface area contributed by atoms with Crippen LogP contribution in [0.2, 0.25) is 0 Å². The van der Waals surface area contributed by atoms with Gasteiger partial charge in [0.05, 0.1) is 0 Å². The number of rotatable bonds is 1. The first-order valence-corrected chi connectivity index (χ1v) is 4.46. The van der Waals surface area contributed by atoms with Gasteiger partial charge in [-0.1, -0.05) is 44.8 Å². The molecule has 0 aliphatic rings. The van der Waals surface area contributed by atoms with Gasteiger partial charge in [0.15, 0.2) is 5.17 Å². The Morgan fingerprint density at radius 2 is 2.25 bits per heavy atom. The Balaban J connectivity index is 3.13. The van der Waals surface area contributed by atoms with Crippen LogP contribution in [0.3, 0.4) is 0 Å². The molecule has 1 aromatic carbocycles. The Morgan fingerprint density at radius 3 is 2.75 bits per heavy atom. The van der Waals surface area contributed by atoms with Crippen LogP contribution in [0, 0.1) is 6.92 Å². The minimum Gasteiger partial charge on any atom is -0.410 e. The average molecular weight is 249 g/mol. The summed E-state index contributed by atoms with van der Waals surface area (Å²) in [6.07, 6.45) is 0. The lowest BCUT2D eigenvalue weighted by Crippen LogP contribution is -1.91. The maximum atomic E-state index is 8.39. The highest BCUT2D eigenvalue weighted by molar-refractivity contribution is 9.10. The highest BCUT2D eigenvalue weighted by Gasteiger charge is 2.01. The molecule has 64 valence electrons. The lowest BCUT2D eigenvalue weighted by molar-refractivity contribution is 0.321. The smallest absolute Gasteiger partial charge is 0.175 e. The largest absolute Gasteiger partial charge is 0.410 e. The number of halogens is 2. The molecule has 0 saturated heterocycles. The first-order chi connectivity index (χ1) is 5.65. The van der Waals surface area contributed by atoms with Crippen molar-refractivity contribution < 1.29 is 5.21 Å². The van der Waals surface area contributed by atoms with Crippen LogP contribution < -0.4 is 0 Å². The molecule has 0 aliphatic heterocycles. The van der Waals surface area contributed by atoms with Gasteiger partial charge >= 0.3 is 0 Å². The maximum Gasteiger partial charge on any atom is 0.175 e. The van der Waals surface area contributed by atoms with Gasteiger partial charge in [-0.2, -0.15) is 0 Å². The van der Waals surface area contributed by atoms with Crippen LogP contribution in [0.15, 0.2) is 27.8 Å². The van der Waals surface area contributed by atoms with Crippen LogP contribution in [-0.2, 0) is 0 Å². The molecule has 0 heterocycles. The van der Waals surface area contributed by atoms with Gasteiger partial charge in [0.1, 0.15) is 0 Å². The van der Waals surface area contributed by atoms with Crippen molar-refractivity contribution in [2.24, 2.45) is 5.16 Å². The van der Waals surface area contributed by atoms with Gasteiger partial charge in [-0.3, -0.25) is 0 Å². The van der Waals surface area contributed by atoms with E-state index >= 15 is 0 Å². The highest BCUT2D eigenvalue weighted by atomic mass is 79.9. The zero-order valence-corrected chi connectivity index (χ0v) is 8.72. The fourth-order valence-electron chi connectivity index (χ4n) is 0.779. The van der Waals surface area contributed by atoms with E-state index in [-0.39, 0.29) is 5.17 Å². The van der Waals surface area contributed by atoms with Crippen molar-refractivity contribution in [2.75, 3.05) is 0 Å². The van der Waals surface area contributed by atoms with E-state index in [1.165, 1.54) is 0 Å². The summed E-state index contributed by atoms with van der Waals surface area (Å²) in [4.78, 5) is 0. The van der Waals surface area contributed by atoms with Crippen LogP contribution in [0.1, 0.15) is 11.1 Å². The fourth-order valence-corrected chi connectivity index (χ4v) is 1.28. The molecular weight excluding hydrogens is 241 g/mol. The molecule has 0 radical (unpaired) electrons. The van der Waals surface area contributed by atoms with Gasteiger partial charge < -0.3 is 5.21 Å². The summed E-state index contributed by atoms with van der Waals surface area (Å²) in [6.45, 7) is 1.97. The molecule has 1 rings (SSSR count). The van der Waals surface area contributed by atoms with Crippen LogP contribution in [0.5, 0.6) is 0 Å². The predicted octanol–water partition coefficient (Wildman–Crippen LogP) is 3.13. The third-order valence-corrected chi connectivity index (χ3v) is 2.65. The van der Waals surface area contributed by atoms with Gasteiger partial charge in [0.2, 0.25) is 0 Å². The topological polar surface area (TPSA) is 32.6 Å². The SMILES string of the molecule is Cc1ccc(C(Cl)=NO)cc1Br.